The van der Waals surface area contributed by atoms with Crippen LogP contribution in [0.4, 0.5) is 40.3 Å². The van der Waals surface area contributed by atoms with Crippen LogP contribution < -0.4 is 40.1 Å². The molecule has 4 saturated carbocycles. The Bertz CT molecular complexity index is 2490. The molecule has 2 amide bonds. The van der Waals surface area contributed by atoms with Crippen molar-refractivity contribution in [1.29, 1.82) is 0 Å². The minimum atomic E-state index is -1.02. The summed E-state index contributed by atoms with van der Waals surface area (Å²) in [5.41, 5.74) is 7.80. The Labute approximate surface area is 404 Å². The maximum Gasteiger partial charge on any atom is 0.335 e. The van der Waals surface area contributed by atoms with E-state index >= 15 is 0 Å². The highest BCUT2D eigenvalue weighted by Crippen LogP contribution is 2.54. The molecule has 2 aliphatic heterocycles. The SMILES string of the molecule is C.C.C.CN1C(=O)C2(CC2)CN(C2CCCC2)c2nc(Cl)ncc21.COc1cc(C(=O)O)ccc1N.COc1cc(C(=O)O)ccc1Nc1ncc2c(n1)N(C1CCCC1)CC1(CC1)C(=O)N2C. The molecule has 0 bridgehead atoms. The van der Waals surface area contributed by atoms with E-state index in [9.17, 15) is 24.3 Å². The van der Waals surface area contributed by atoms with Gasteiger partial charge in [-0.2, -0.15) is 9.97 Å². The van der Waals surface area contributed by atoms with E-state index in [1.54, 1.807) is 28.3 Å². The van der Waals surface area contributed by atoms with Gasteiger partial charge in [0.25, 0.3) is 0 Å². The minimum Gasteiger partial charge on any atom is -0.495 e. The van der Waals surface area contributed by atoms with Crippen molar-refractivity contribution < 1.29 is 38.9 Å². The fourth-order valence-electron chi connectivity index (χ4n) is 9.51. The molecule has 4 fully saturated rings. The molecule has 2 aromatic carbocycles. The molecule has 4 heterocycles. The molecule has 6 aliphatic rings. The van der Waals surface area contributed by atoms with Crippen LogP contribution in [0.15, 0.2) is 48.8 Å². The minimum absolute atomic E-state index is 0. The number of halogens is 1. The third-order valence-electron chi connectivity index (χ3n) is 13.6. The monoisotopic (exact) mass is 958 g/mol. The quantitative estimate of drug-likeness (QED) is 0.0954. The van der Waals surface area contributed by atoms with Gasteiger partial charge in [-0.25, -0.2) is 19.6 Å². The van der Waals surface area contributed by atoms with Crippen LogP contribution in [0.5, 0.6) is 11.5 Å². The highest BCUT2D eigenvalue weighted by Gasteiger charge is 2.56. The fourth-order valence-corrected chi connectivity index (χ4v) is 9.64. The number of ether oxygens (including phenoxy) is 2. The van der Waals surface area contributed by atoms with E-state index in [4.69, 9.17) is 36.9 Å². The van der Waals surface area contributed by atoms with Crippen LogP contribution in [-0.2, 0) is 9.59 Å². The zero-order valence-corrected chi connectivity index (χ0v) is 37.8. The first-order chi connectivity index (χ1) is 31.2. The molecule has 0 unspecified atom stereocenters. The number of hydrogen-bond donors (Lipinski definition) is 4. The van der Waals surface area contributed by atoms with Crippen LogP contribution in [0.2, 0.25) is 5.28 Å². The van der Waals surface area contributed by atoms with Gasteiger partial charge in [0.2, 0.25) is 23.0 Å². The van der Waals surface area contributed by atoms with Gasteiger partial charge in [0.15, 0.2) is 11.6 Å². The number of anilines is 7. The number of nitrogens with two attached hydrogens (primary N) is 1. The summed E-state index contributed by atoms with van der Waals surface area (Å²) in [6, 6.07) is 9.78. The molecule has 4 aliphatic carbocycles. The van der Waals surface area contributed by atoms with Gasteiger partial charge in [0, 0.05) is 39.3 Å². The zero-order chi connectivity index (χ0) is 46.2. The number of carboxylic acids is 2. The van der Waals surface area contributed by atoms with Crippen molar-refractivity contribution in [2.75, 3.05) is 72.1 Å². The van der Waals surface area contributed by atoms with E-state index in [1.165, 1.54) is 83.1 Å². The largest absolute Gasteiger partial charge is 0.495 e. The molecular formula is C49H67ClN10O8. The van der Waals surface area contributed by atoms with E-state index in [-0.39, 0.29) is 61.3 Å². The number of aromatic carboxylic acids is 2. The Balaban J connectivity index is 0.000000207. The molecule has 4 aromatic rings. The molecule has 2 spiro atoms. The van der Waals surface area contributed by atoms with Crippen LogP contribution in [0.25, 0.3) is 0 Å². The second-order valence-corrected chi connectivity index (χ2v) is 18.1. The standard InChI is InChI=1S/C23H27N5O4.C15H19ClN4O.C8H9NO3.3CH4/c1-27-17-12-24-22(25-16-8-7-14(20(29)30)11-18(16)32-2)26-19(17)28(15-5-3-4-6-15)13-23(9-10-23)21(27)31;1-19-11-8-17-14(16)18-12(11)20(10-4-2-3-5-10)9-15(6-7-15)13(19)21;1-12-7-4-5(8(10)11)2-3-6(7)9;;;/h7-8,11-12,15H,3-6,9-10,13H2,1-2H3,(H,29,30)(H,24,25,26);8,10H,2-7,9H2,1H3;2-4H,9H2,1H3,(H,10,11);3*1H4. The Morgan fingerprint density at radius 2 is 1.15 bits per heavy atom. The molecule has 18 nitrogen and oxygen atoms in total. The third-order valence-corrected chi connectivity index (χ3v) is 13.8. The highest BCUT2D eigenvalue weighted by atomic mass is 35.5. The number of fused-ring (bicyclic) bond motifs is 2. The summed E-state index contributed by atoms with van der Waals surface area (Å²) in [6.07, 6.45) is 16.6. The lowest BCUT2D eigenvalue weighted by Gasteiger charge is -2.31. The van der Waals surface area contributed by atoms with Crippen molar-refractivity contribution in [3.8, 4) is 11.5 Å². The maximum absolute atomic E-state index is 13.2. The van der Waals surface area contributed by atoms with Crippen molar-refractivity contribution >= 4 is 75.7 Å². The number of nitrogens with one attached hydrogen (secondary N) is 1. The molecule has 19 heteroatoms. The number of nitrogen functional groups attached to an aromatic ring is 1. The van der Waals surface area contributed by atoms with Gasteiger partial charge in [0.1, 0.15) is 22.9 Å². The zero-order valence-electron chi connectivity index (χ0n) is 37.0. The Morgan fingerprint density at radius 1 is 0.706 bits per heavy atom. The van der Waals surface area contributed by atoms with Crippen molar-refractivity contribution in [2.24, 2.45) is 10.8 Å². The lowest BCUT2D eigenvalue weighted by molar-refractivity contribution is -0.123. The average molecular weight is 960 g/mol. The first-order valence-corrected chi connectivity index (χ1v) is 22.4. The van der Waals surface area contributed by atoms with Crippen LogP contribution in [0.3, 0.4) is 0 Å². The molecule has 0 radical (unpaired) electrons. The number of carbonyl (C=O) groups excluding carboxylic acids is 2. The first-order valence-electron chi connectivity index (χ1n) is 22.0. The second-order valence-electron chi connectivity index (χ2n) is 17.8. The number of hydrogen-bond acceptors (Lipinski definition) is 14. The van der Waals surface area contributed by atoms with Crippen molar-refractivity contribution in [3.05, 3.63) is 65.2 Å². The molecule has 68 heavy (non-hydrogen) atoms. The van der Waals surface area contributed by atoms with Gasteiger partial charge >= 0.3 is 11.9 Å². The summed E-state index contributed by atoms with van der Waals surface area (Å²) in [4.78, 5) is 73.6. The van der Waals surface area contributed by atoms with Gasteiger partial charge in [-0.3, -0.25) is 9.59 Å². The molecule has 0 atom stereocenters. The van der Waals surface area contributed by atoms with Crippen LogP contribution in [-0.4, -0.2) is 107 Å². The maximum atomic E-state index is 13.2. The van der Waals surface area contributed by atoms with Gasteiger partial charge in [-0.1, -0.05) is 48.0 Å². The first kappa shape index (κ1) is 52.5. The number of amides is 2. The van der Waals surface area contributed by atoms with Crippen LogP contribution in [0, 0.1) is 10.8 Å². The normalized spacial score (nSPS) is 18.4. The van der Waals surface area contributed by atoms with E-state index in [0.29, 0.717) is 47.5 Å². The molecule has 2 aromatic heterocycles. The summed E-state index contributed by atoms with van der Waals surface area (Å²) in [7, 11) is 6.57. The second kappa shape index (κ2) is 21.3. The Morgan fingerprint density at radius 3 is 1.60 bits per heavy atom. The van der Waals surface area contributed by atoms with Crippen LogP contribution >= 0.6 is 11.6 Å². The highest BCUT2D eigenvalue weighted by molar-refractivity contribution is 6.28. The molecule has 368 valence electrons. The van der Waals surface area contributed by atoms with Crippen molar-refractivity contribution in [1.82, 2.24) is 19.9 Å². The molecular weight excluding hydrogens is 892 g/mol. The van der Waals surface area contributed by atoms with E-state index in [0.717, 1.165) is 68.1 Å². The van der Waals surface area contributed by atoms with E-state index in [1.807, 2.05) is 14.1 Å². The molecule has 0 saturated heterocycles. The van der Waals surface area contributed by atoms with Gasteiger partial charge in [-0.15, -0.1) is 0 Å². The average Bonchev–Trinajstić information content (AvgIpc) is 4.14. The topological polar surface area (TPSA) is 230 Å². The predicted octanol–water partition coefficient (Wildman–Crippen LogP) is 8.95. The third kappa shape index (κ3) is 10.5. The van der Waals surface area contributed by atoms with Gasteiger partial charge in [0.05, 0.1) is 59.9 Å². The van der Waals surface area contributed by atoms with E-state index < -0.39 is 11.9 Å². The smallest absolute Gasteiger partial charge is 0.335 e. The Kier molecular flexibility index (Phi) is 16.4. The number of rotatable bonds is 8. The number of methoxy groups -OCH3 is 2. The Hall–Kier alpha value is -6.43. The fraction of sp³-hybridized carbons (Fsp3) is 0.510. The van der Waals surface area contributed by atoms with Crippen molar-refractivity contribution in [2.45, 2.75) is 111 Å². The summed E-state index contributed by atoms with van der Waals surface area (Å²) in [6.45, 7) is 1.47. The number of carbonyl (C=O) groups is 4. The number of aromatic nitrogens is 4. The molecule has 10 rings (SSSR count). The van der Waals surface area contributed by atoms with E-state index in [2.05, 4.69) is 30.1 Å². The van der Waals surface area contributed by atoms with Crippen molar-refractivity contribution in [3.63, 3.8) is 0 Å². The lowest BCUT2D eigenvalue weighted by Crippen LogP contribution is -2.41. The van der Waals surface area contributed by atoms with Crippen LogP contribution in [0.1, 0.15) is 120 Å². The van der Waals surface area contributed by atoms with Gasteiger partial charge in [-0.05, 0) is 99.4 Å². The summed E-state index contributed by atoms with van der Waals surface area (Å²) >= 11 is 6.02. The predicted molar refractivity (Wildman–Crippen MR) is 266 cm³/mol. The molecule has 5 N–H and O–H groups in total. The summed E-state index contributed by atoms with van der Waals surface area (Å²) < 4.78 is 10.2. The summed E-state index contributed by atoms with van der Waals surface area (Å²) in [5.74, 6) is 1.09. The number of carboxylic acid groups (broad SMARTS) is 2. The number of nitrogens with zero attached hydrogens (tertiary/aromatic N) is 8. The number of benzene rings is 2. The summed E-state index contributed by atoms with van der Waals surface area (Å²) in [5, 5.41) is 21.2. The van der Waals surface area contributed by atoms with Gasteiger partial charge < -0.3 is 50.3 Å². The lowest BCUT2D eigenvalue weighted by atomic mass is 10.0.